The largest absolute Gasteiger partial charge is 0.379 e. The van der Waals surface area contributed by atoms with E-state index in [-0.39, 0.29) is 11.9 Å². The van der Waals surface area contributed by atoms with Crippen molar-refractivity contribution in [3.63, 3.8) is 0 Å². The van der Waals surface area contributed by atoms with E-state index in [1.165, 1.54) is 11.8 Å². The quantitative estimate of drug-likeness (QED) is 0.582. The average Bonchev–Trinajstić information content (AvgIpc) is 2.67. The van der Waals surface area contributed by atoms with Gasteiger partial charge in [0.05, 0.1) is 25.0 Å². The molecule has 0 radical (unpaired) electrons. The Morgan fingerprint density at radius 2 is 1.85 bits per heavy atom. The number of ether oxygens (including phenoxy) is 1. The highest BCUT2D eigenvalue weighted by Gasteiger charge is 2.20. The van der Waals surface area contributed by atoms with Gasteiger partial charge >= 0.3 is 0 Å². The molecule has 1 saturated heterocycles. The molecule has 1 aliphatic rings. The molecule has 3 rings (SSSR count). The predicted molar refractivity (Wildman–Crippen MR) is 107 cm³/mol. The van der Waals surface area contributed by atoms with E-state index < -0.39 is 0 Å². The van der Waals surface area contributed by atoms with Gasteiger partial charge in [-0.3, -0.25) is 9.69 Å². The molecule has 1 atom stereocenters. The Bertz CT molecular complexity index is 731. The van der Waals surface area contributed by atoms with Gasteiger partial charge in [0, 0.05) is 31.0 Å². The Kier molecular flexibility index (Phi) is 7.20. The van der Waals surface area contributed by atoms with Gasteiger partial charge in [0.1, 0.15) is 0 Å². The van der Waals surface area contributed by atoms with Crippen LogP contribution < -0.4 is 5.32 Å². The topological polar surface area (TPSA) is 67.4 Å². The second-order valence-corrected chi connectivity index (χ2v) is 7.61. The average molecular weight is 387 g/mol. The molecule has 0 spiro atoms. The van der Waals surface area contributed by atoms with Crippen LogP contribution >= 0.6 is 11.8 Å². The fourth-order valence-electron chi connectivity index (χ4n) is 3.09. The molecule has 27 heavy (non-hydrogen) atoms. The van der Waals surface area contributed by atoms with E-state index in [4.69, 9.17) is 4.74 Å². The van der Waals surface area contributed by atoms with E-state index in [0.717, 1.165) is 49.8 Å². The number of nitrogens with one attached hydrogen (secondary N) is 1. The Hall–Kier alpha value is -1.96. The number of nitrogens with zero attached hydrogens (tertiary/aromatic N) is 3. The molecule has 0 saturated carbocycles. The molecule has 7 heteroatoms. The number of amides is 1. The smallest absolute Gasteiger partial charge is 0.231 e. The van der Waals surface area contributed by atoms with Gasteiger partial charge in [-0.15, -0.1) is 0 Å². The first-order chi connectivity index (χ1) is 13.1. The number of aryl methyl sites for hydroxylation is 2. The highest BCUT2D eigenvalue weighted by molar-refractivity contribution is 7.99. The van der Waals surface area contributed by atoms with E-state index in [1.54, 1.807) is 0 Å². The molecular weight excluding hydrogens is 360 g/mol. The van der Waals surface area contributed by atoms with Gasteiger partial charge in [-0.1, -0.05) is 42.1 Å². The monoisotopic (exact) mass is 386 g/mol. The van der Waals surface area contributed by atoms with Crippen molar-refractivity contribution in [2.75, 3.05) is 38.6 Å². The number of benzene rings is 1. The Labute approximate surface area is 164 Å². The van der Waals surface area contributed by atoms with Gasteiger partial charge in [0.25, 0.3) is 0 Å². The number of rotatable bonds is 7. The fourth-order valence-corrected chi connectivity index (χ4v) is 3.85. The summed E-state index contributed by atoms with van der Waals surface area (Å²) in [6.07, 6.45) is 0. The lowest BCUT2D eigenvalue weighted by atomic mass is 10.1. The summed E-state index contributed by atoms with van der Waals surface area (Å²) in [7, 11) is 0. The lowest BCUT2D eigenvalue weighted by Crippen LogP contribution is -2.43. The minimum Gasteiger partial charge on any atom is -0.379 e. The number of aromatic nitrogens is 2. The van der Waals surface area contributed by atoms with Gasteiger partial charge in [0.15, 0.2) is 5.16 Å². The Morgan fingerprint density at radius 1 is 1.19 bits per heavy atom. The molecule has 1 amide bonds. The van der Waals surface area contributed by atoms with Gasteiger partial charge in [-0.05, 0) is 25.5 Å². The molecule has 1 N–H and O–H groups in total. The molecule has 6 nitrogen and oxygen atoms in total. The van der Waals surface area contributed by atoms with Crippen molar-refractivity contribution >= 4 is 17.7 Å². The summed E-state index contributed by atoms with van der Waals surface area (Å²) in [5.74, 6) is 0.292. The maximum absolute atomic E-state index is 12.6. The van der Waals surface area contributed by atoms with Crippen LogP contribution in [-0.2, 0) is 9.53 Å². The third kappa shape index (κ3) is 6.30. The molecule has 1 aromatic carbocycles. The molecular formula is C20H26N4O2S. The van der Waals surface area contributed by atoms with Gasteiger partial charge in [-0.25, -0.2) is 9.97 Å². The highest BCUT2D eigenvalue weighted by atomic mass is 32.2. The summed E-state index contributed by atoms with van der Waals surface area (Å²) >= 11 is 1.37. The summed E-state index contributed by atoms with van der Waals surface area (Å²) in [4.78, 5) is 23.7. The summed E-state index contributed by atoms with van der Waals surface area (Å²) in [5, 5.41) is 3.83. The van der Waals surface area contributed by atoms with E-state index in [0.29, 0.717) is 10.9 Å². The van der Waals surface area contributed by atoms with E-state index in [9.17, 15) is 4.79 Å². The zero-order valence-electron chi connectivity index (χ0n) is 15.9. The van der Waals surface area contributed by atoms with Crippen LogP contribution in [0.4, 0.5) is 0 Å². The second-order valence-electron chi connectivity index (χ2n) is 6.67. The zero-order chi connectivity index (χ0) is 19.1. The van der Waals surface area contributed by atoms with Gasteiger partial charge in [-0.2, -0.15) is 0 Å². The summed E-state index contributed by atoms with van der Waals surface area (Å²) in [6, 6.07) is 12.0. The van der Waals surface area contributed by atoms with Crippen LogP contribution in [-0.4, -0.2) is 59.4 Å². The van der Waals surface area contributed by atoms with Crippen molar-refractivity contribution in [2.24, 2.45) is 0 Å². The third-order valence-electron chi connectivity index (χ3n) is 4.38. The standard InChI is InChI=1S/C20H26N4O2S/c1-15-12-16(2)22-20(21-15)27-14-19(25)23-18(17-6-4-3-5-7-17)13-24-8-10-26-11-9-24/h3-7,12,18H,8-11,13-14H2,1-2H3,(H,23,25). The first-order valence-corrected chi connectivity index (χ1v) is 10.2. The minimum atomic E-state index is -0.0439. The first-order valence-electron chi connectivity index (χ1n) is 9.19. The van der Waals surface area contributed by atoms with E-state index in [2.05, 4.69) is 32.3 Å². The number of carbonyl (C=O) groups excluding carboxylic acids is 1. The lowest BCUT2D eigenvalue weighted by molar-refractivity contribution is -0.119. The minimum absolute atomic E-state index is 0.00938. The number of carbonyl (C=O) groups is 1. The van der Waals surface area contributed by atoms with Crippen molar-refractivity contribution in [3.8, 4) is 0 Å². The molecule has 2 aromatic rings. The van der Waals surface area contributed by atoms with Crippen molar-refractivity contribution in [2.45, 2.75) is 25.0 Å². The molecule has 0 bridgehead atoms. The number of hydrogen-bond donors (Lipinski definition) is 1. The van der Waals surface area contributed by atoms with Gasteiger partial charge in [0.2, 0.25) is 5.91 Å². The third-order valence-corrected chi connectivity index (χ3v) is 5.22. The van der Waals surface area contributed by atoms with E-state index >= 15 is 0 Å². The second kappa shape index (κ2) is 9.82. The van der Waals surface area contributed by atoms with Crippen LogP contribution in [0.5, 0.6) is 0 Å². The SMILES string of the molecule is Cc1cc(C)nc(SCC(=O)NC(CN2CCOCC2)c2ccccc2)n1. The Morgan fingerprint density at radius 3 is 2.52 bits per heavy atom. The first kappa shape index (κ1) is 19.8. The Balaban J connectivity index is 1.61. The molecule has 2 heterocycles. The molecule has 1 aromatic heterocycles. The van der Waals surface area contributed by atoms with Crippen molar-refractivity contribution in [1.82, 2.24) is 20.2 Å². The molecule has 0 aliphatic carbocycles. The van der Waals surface area contributed by atoms with Crippen LogP contribution in [0.2, 0.25) is 0 Å². The number of morpholine rings is 1. The maximum Gasteiger partial charge on any atom is 0.231 e. The van der Waals surface area contributed by atoms with Crippen LogP contribution in [0, 0.1) is 13.8 Å². The van der Waals surface area contributed by atoms with Crippen LogP contribution in [0.15, 0.2) is 41.6 Å². The highest BCUT2D eigenvalue weighted by Crippen LogP contribution is 2.17. The van der Waals surface area contributed by atoms with Crippen LogP contribution in [0.3, 0.4) is 0 Å². The molecule has 1 fully saturated rings. The maximum atomic E-state index is 12.6. The van der Waals surface area contributed by atoms with Crippen molar-refractivity contribution in [3.05, 3.63) is 53.3 Å². The zero-order valence-corrected chi connectivity index (χ0v) is 16.7. The fraction of sp³-hybridized carbons (Fsp3) is 0.450. The predicted octanol–water partition coefficient (Wildman–Crippen LogP) is 2.38. The normalized spacial score (nSPS) is 16.1. The van der Waals surface area contributed by atoms with E-state index in [1.807, 2.05) is 38.1 Å². The van der Waals surface area contributed by atoms with Crippen molar-refractivity contribution in [1.29, 1.82) is 0 Å². The molecule has 1 aliphatic heterocycles. The molecule has 1 unspecified atom stereocenters. The lowest BCUT2D eigenvalue weighted by Gasteiger charge is -2.31. The van der Waals surface area contributed by atoms with Crippen LogP contribution in [0.1, 0.15) is 23.0 Å². The summed E-state index contributed by atoms with van der Waals surface area (Å²) in [5.41, 5.74) is 2.95. The summed E-state index contributed by atoms with van der Waals surface area (Å²) in [6.45, 7) is 7.93. The van der Waals surface area contributed by atoms with Gasteiger partial charge < -0.3 is 10.1 Å². The molecule has 144 valence electrons. The van der Waals surface area contributed by atoms with Crippen molar-refractivity contribution < 1.29 is 9.53 Å². The van der Waals surface area contributed by atoms with Crippen LogP contribution in [0.25, 0.3) is 0 Å². The number of thioether (sulfide) groups is 1. The summed E-state index contributed by atoms with van der Waals surface area (Å²) < 4.78 is 5.43. The number of hydrogen-bond acceptors (Lipinski definition) is 6.